The van der Waals surface area contributed by atoms with Crippen LogP contribution >= 0.6 is 15.9 Å². The van der Waals surface area contributed by atoms with Crippen LogP contribution in [-0.4, -0.2) is 36.0 Å². The topological polar surface area (TPSA) is 46.6 Å². The monoisotopic (exact) mass is 381 g/mol. The number of hydrogen-bond donors (Lipinski definition) is 0. The highest BCUT2D eigenvalue weighted by Gasteiger charge is 2.28. The Morgan fingerprint density at radius 2 is 1.57 bits per heavy atom. The van der Waals surface area contributed by atoms with E-state index in [-0.39, 0.29) is 5.91 Å². The van der Waals surface area contributed by atoms with Crippen molar-refractivity contribution in [2.45, 2.75) is 50.5 Å². The van der Waals surface area contributed by atoms with Crippen molar-refractivity contribution in [2.24, 2.45) is 0 Å². The normalized spacial score (nSPS) is 17.2. The molecule has 0 aliphatic carbocycles. The van der Waals surface area contributed by atoms with Crippen LogP contribution < -0.4 is 0 Å². The quantitative estimate of drug-likeness (QED) is 0.575. The van der Waals surface area contributed by atoms with E-state index in [1.54, 1.807) is 11.8 Å². The number of amides is 1. The summed E-state index contributed by atoms with van der Waals surface area (Å²) < 4.78 is 5.34. The molecule has 2 atom stereocenters. The number of hydrogen-bond acceptors (Lipinski definition) is 3. The fourth-order valence-electron chi connectivity index (χ4n) is 2.66. The summed E-state index contributed by atoms with van der Waals surface area (Å²) in [6, 6.07) is 7.87. The molecule has 0 saturated carbocycles. The molecule has 2 rings (SSSR count). The maximum atomic E-state index is 12.3. The van der Waals surface area contributed by atoms with Gasteiger partial charge in [0.25, 0.3) is 5.91 Å². The van der Waals surface area contributed by atoms with Gasteiger partial charge in [-0.05, 0) is 36.8 Å². The van der Waals surface area contributed by atoms with Crippen LogP contribution in [0.15, 0.2) is 24.3 Å². The van der Waals surface area contributed by atoms with Gasteiger partial charge in [-0.15, -0.1) is 0 Å². The Morgan fingerprint density at radius 3 is 2.09 bits per heavy atom. The van der Waals surface area contributed by atoms with Gasteiger partial charge in [-0.3, -0.25) is 9.59 Å². The third-order valence-corrected chi connectivity index (χ3v) is 5.06. The van der Waals surface area contributed by atoms with E-state index in [9.17, 15) is 9.59 Å². The van der Waals surface area contributed by atoms with E-state index >= 15 is 0 Å². The van der Waals surface area contributed by atoms with Gasteiger partial charge in [0, 0.05) is 13.1 Å². The molecule has 126 valence electrons. The fraction of sp³-hybridized carbons (Fsp3) is 0.556. The van der Waals surface area contributed by atoms with Gasteiger partial charge in [0.2, 0.25) is 0 Å². The molecule has 1 aliphatic heterocycles. The van der Waals surface area contributed by atoms with Crippen molar-refractivity contribution < 1.29 is 14.3 Å². The number of benzene rings is 1. The number of carbonyl (C=O) groups is 2. The van der Waals surface area contributed by atoms with Gasteiger partial charge < -0.3 is 9.64 Å². The molecule has 0 spiro atoms. The number of esters is 1. The molecule has 23 heavy (non-hydrogen) atoms. The first-order chi connectivity index (χ1) is 10.9. The molecule has 1 amide bonds. The molecule has 1 aromatic rings. The lowest BCUT2D eigenvalue weighted by Gasteiger charge is -2.21. The molecule has 1 heterocycles. The van der Waals surface area contributed by atoms with Gasteiger partial charge >= 0.3 is 5.97 Å². The maximum absolute atomic E-state index is 12.3. The van der Waals surface area contributed by atoms with Crippen molar-refractivity contribution in [3.63, 3.8) is 0 Å². The Balaban J connectivity index is 1.94. The Hall–Kier alpha value is -1.36. The highest BCUT2D eigenvalue weighted by Crippen LogP contribution is 2.27. The van der Waals surface area contributed by atoms with Crippen molar-refractivity contribution in [1.82, 2.24) is 4.90 Å². The third kappa shape index (κ3) is 4.56. The summed E-state index contributed by atoms with van der Waals surface area (Å²) in [7, 11) is 0. The van der Waals surface area contributed by atoms with E-state index < -0.39 is 16.9 Å². The van der Waals surface area contributed by atoms with Crippen LogP contribution in [0.5, 0.6) is 0 Å². The van der Waals surface area contributed by atoms with E-state index in [1.807, 2.05) is 24.3 Å². The molecule has 1 saturated heterocycles. The summed E-state index contributed by atoms with van der Waals surface area (Å²) in [5, 5.41) is 0. The van der Waals surface area contributed by atoms with Crippen LogP contribution in [-0.2, 0) is 14.3 Å². The molecular weight excluding hydrogens is 358 g/mol. The number of likely N-dealkylation sites (tertiary alicyclic amines) is 1. The number of rotatable bonds is 5. The largest absolute Gasteiger partial charge is 0.451 e. The van der Waals surface area contributed by atoms with Gasteiger partial charge in [-0.2, -0.15) is 0 Å². The van der Waals surface area contributed by atoms with Gasteiger partial charge in [-0.1, -0.05) is 54.0 Å². The van der Waals surface area contributed by atoms with Crippen molar-refractivity contribution in [2.75, 3.05) is 13.1 Å². The lowest BCUT2D eigenvalue weighted by Crippen LogP contribution is -2.38. The smallest absolute Gasteiger partial charge is 0.325 e. The Morgan fingerprint density at radius 1 is 1.04 bits per heavy atom. The molecular formula is C18H24BrNO3. The number of ether oxygens (including phenoxy) is 1. The standard InChI is InChI=1S/C18H24BrNO3/c1-12(2)14-6-8-15(9-7-14)16(19)18(22)23-13(3)17(21)20-10-4-5-11-20/h6-9,12-13,16H,4-5,10-11H2,1-3H3/t13-,16?/m1/s1. The van der Waals surface area contributed by atoms with Crippen LogP contribution in [0.1, 0.15) is 55.5 Å². The minimum atomic E-state index is -0.740. The molecule has 1 unspecified atom stereocenters. The zero-order valence-electron chi connectivity index (χ0n) is 13.9. The van der Waals surface area contributed by atoms with Gasteiger partial charge in [0.15, 0.2) is 6.10 Å². The summed E-state index contributed by atoms with van der Waals surface area (Å²) in [6.07, 6.45) is 1.31. The fourth-order valence-corrected chi connectivity index (χ4v) is 3.08. The summed E-state index contributed by atoms with van der Waals surface area (Å²) in [6.45, 7) is 7.41. The Kier molecular flexibility index (Phi) is 6.22. The van der Waals surface area contributed by atoms with Crippen LogP contribution in [0, 0.1) is 0 Å². The average molecular weight is 382 g/mol. The van der Waals surface area contributed by atoms with Crippen LogP contribution in [0.25, 0.3) is 0 Å². The third-order valence-electron chi connectivity index (χ3n) is 4.16. The van der Waals surface area contributed by atoms with Crippen molar-refractivity contribution >= 4 is 27.8 Å². The van der Waals surface area contributed by atoms with Crippen molar-refractivity contribution in [3.8, 4) is 0 Å². The summed E-state index contributed by atoms with van der Waals surface area (Å²) in [5.41, 5.74) is 2.06. The molecule has 5 heteroatoms. The lowest BCUT2D eigenvalue weighted by molar-refractivity contribution is -0.158. The second-order valence-electron chi connectivity index (χ2n) is 6.30. The van der Waals surface area contributed by atoms with Gasteiger partial charge in [0.1, 0.15) is 4.83 Å². The van der Waals surface area contributed by atoms with E-state index in [4.69, 9.17) is 4.74 Å². The minimum Gasteiger partial charge on any atom is -0.451 e. The highest BCUT2D eigenvalue weighted by molar-refractivity contribution is 9.09. The van der Waals surface area contributed by atoms with E-state index in [1.165, 1.54) is 5.56 Å². The van der Waals surface area contributed by atoms with Crippen molar-refractivity contribution in [1.29, 1.82) is 0 Å². The number of carbonyl (C=O) groups excluding carboxylic acids is 2. The molecule has 0 N–H and O–H groups in total. The van der Waals surface area contributed by atoms with Gasteiger partial charge in [-0.25, -0.2) is 0 Å². The number of nitrogens with zero attached hydrogens (tertiary/aromatic N) is 1. The van der Waals surface area contributed by atoms with E-state index in [0.717, 1.165) is 31.5 Å². The molecule has 0 radical (unpaired) electrons. The SMILES string of the molecule is CC(C)c1ccc(C(Br)C(=O)O[C@H](C)C(=O)N2CCCC2)cc1. The Labute approximate surface area is 146 Å². The zero-order chi connectivity index (χ0) is 17.0. The molecule has 1 aromatic carbocycles. The van der Waals surface area contributed by atoms with E-state index in [0.29, 0.717) is 5.92 Å². The van der Waals surface area contributed by atoms with Crippen molar-refractivity contribution in [3.05, 3.63) is 35.4 Å². The second kappa shape index (κ2) is 7.95. The molecule has 4 nitrogen and oxygen atoms in total. The molecule has 1 aliphatic rings. The first-order valence-corrected chi connectivity index (χ1v) is 9.05. The average Bonchev–Trinajstić information content (AvgIpc) is 3.07. The van der Waals surface area contributed by atoms with Crippen LogP contribution in [0.2, 0.25) is 0 Å². The first kappa shape index (κ1) is 18.0. The van der Waals surface area contributed by atoms with Crippen LogP contribution in [0.3, 0.4) is 0 Å². The maximum Gasteiger partial charge on any atom is 0.325 e. The molecule has 1 fully saturated rings. The second-order valence-corrected chi connectivity index (χ2v) is 7.21. The zero-order valence-corrected chi connectivity index (χ0v) is 15.5. The number of halogens is 1. The van der Waals surface area contributed by atoms with Gasteiger partial charge in [0.05, 0.1) is 0 Å². The van der Waals surface area contributed by atoms with Crippen LogP contribution in [0.4, 0.5) is 0 Å². The summed E-state index contributed by atoms with van der Waals surface area (Å²) in [4.78, 5) is 25.6. The lowest BCUT2D eigenvalue weighted by atomic mass is 10.0. The minimum absolute atomic E-state index is 0.106. The molecule has 0 aromatic heterocycles. The first-order valence-electron chi connectivity index (χ1n) is 8.13. The molecule has 0 bridgehead atoms. The van der Waals surface area contributed by atoms with E-state index in [2.05, 4.69) is 29.8 Å². The summed E-state index contributed by atoms with van der Waals surface area (Å²) in [5.74, 6) is -0.0871. The predicted octanol–water partition coefficient (Wildman–Crippen LogP) is 3.80. The Bertz CT molecular complexity index is 550. The summed E-state index contributed by atoms with van der Waals surface area (Å²) >= 11 is 3.37. The highest BCUT2D eigenvalue weighted by atomic mass is 79.9. The predicted molar refractivity (Wildman–Crippen MR) is 93.6 cm³/mol. The number of alkyl halides is 1.